The minimum Gasteiger partial charge on any atom is -0.497 e. The number of ether oxygens (including phenoxy) is 3. The molecule has 0 atom stereocenters. The molecule has 0 aliphatic rings. The van der Waals surface area contributed by atoms with E-state index in [-0.39, 0.29) is 18.0 Å². The number of nitrogens with one attached hydrogen (secondary N) is 1. The molecule has 0 saturated heterocycles. The Morgan fingerprint density at radius 1 is 1.00 bits per heavy atom. The van der Waals surface area contributed by atoms with E-state index in [1.165, 1.54) is 32.2 Å². The second kappa shape index (κ2) is 9.96. The lowest BCUT2D eigenvalue weighted by Crippen LogP contribution is -2.37. The summed E-state index contributed by atoms with van der Waals surface area (Å²) in [4.78, 5) is 37.5. The Balaban J connectivity index is 1.85. The number of anilines is 1. The molecule has 0 aliphatic carbocycles. The molecule has 1 N–H and O–H groups in total. The summed E-state index contributed by atoms with van der Waals surface area (Å²) < 4.78 is 15.2. The Labute approximate surface area is 163 Å². The van der Waals surface area contributed by atoms with Crippen LogP contribution < -0.4 is 14.8 Å². The van der Waals surface area contributed by atoms with Crippen LogP contribution in [0.3, 0.4) is 0 Å². The minimum absolute atomic E-state index is 0.192. The third-order valence-electron chi connectivity index (χ3n) is 3.81. The molecule has 8 heteroatoms. The molecular formula is C20H22N2O6. The first kappa shape index (κ1) is 20.8. The molecular weight excluding hydrogens is 364 g/mol. The van der Waals surface area contributed by atoms with Crippen molar-refractivity contribution in [2.75, 3.05) is 39.7 Å². The lowest BCUT2D eigenvalue weighted by atomic mass is 10.2. The molecule has 0 aromatic heterocycles. The first-order chi connectivity index (χ1) is 13.4. The van der Waals surface area contributed by atoms with E-state index < -0.39 is 18.5 Å². The SMILES string of the molecule is COc1cccc(NC(=O)CN(C)C(=O)COC(=O)c2ccccc2OC)c1. The van der Waals surface area contributed by atoms with Crippen LogP contribution in [0.1, 0.15) is 10.4 Å². The molecule has 0 fully saturated rings. The number of esters is 1. The number of carbonyl (C=O) groups is 3. The Morgan fingerprint density at radius 3 is 2.46 bits per heavy atom. The third-order valence-corrected chi connectivity index (χ3v) is 3.81. The lowest BCUT2D eigenvalue weighted by Gasteiger charge is -2.17. The van der Waals surface area contributed by atoms with Crippen molar-refractivity contribution in [3.05, 3.63) is 54.1 Å². The second-order valence-corrected chi connectivity index (χ2v) is 5.81. The lowest BCUT2D eigenvalue weighted by molar-refractivity contribution is -0.136. The van der Waals surface area contributed by atoms with Gasteiger partial charge < -0.3 is 24.4 Å². The smallest absolute Gasteiger partial charge is 0.342 e. The molecule has 0 unspecified atom stereocenters. The number of hydrogen-bond donors (Lipinski definition) is 1. The van der Waals surface area contributed by atoms with Gasteiger partial charge in [0.15, 0.2) is 6.61 Å². The normalized spacial score (nSPS) is 9.96. The van der Waals surface area contributed by atoms with Crippen LogP contribution in [-0.2, 0) is 14.3 Å². The average Bonchev–Trinajstić information content (AvgIpc) is 2.71. The summed E-state index contributed by atoms with van der Waals surface area (Å²) in [6.07, 6.45) is 0. The number of nitrogens with zero attached hydrogens (tertiary/aromatic N) is 1. The van der Waals surface area contributed by atoms with E-state index in [1.54, 1.807) is 42.5 Å². The number of para-hydroxylation sites is 1. The second-order valence-electron chi connectivity index (χ2n) is 5.81. The van der Waals surface area contributed by atoms with Crippen molar-refractivity contribution in [2.45, 2.75) is 0 Å². The van der Waals surface area contributed by atoms with E-state index in [1.807, 2.05) is 0 Å². The zero-order valence-corrected chi connectivity index (χ0v) is 15.9. The number of carbonyl (C=O) groups excluding carboxylic acids is 3. The topological polar surface area (TPSA) is 94.2 Å². The largest absolute Gasteiger partial charge is 0.497 e. The number of rotatable bonds is 8. The summed E-state index contributed by atoms with van der Waals surface area (Å²) in [7, 11) is 4.41. The van der Waals surface area contributed by atoms with Crippen molar-refractivity contribution >= 4 is 23.5 Å². The molecule has 8 nitrogen and oxygen atoms in total. The van der Waals surface area contributed by atoms with Crippen LogP contribution in [0.15, 0.2) is 48.5 Å². The molecule has 2 rings (SSSR count). The van der Waals surface area contributed by atoms with Crippen molar-refractivity contribution in [2.24, 2.45) is 0 Å². The Kier molecular flexibility index (Phi) is 7.38. The molecule has 148 valence electrons. The maximum atomic E-state index is 12.1. The van der Waals surface area contributed by atoms with E-state index in [0.29, 0.717) is 17.2 Å². The zero-order chi connectivity index (χ0) is 20.5. The molecule has 2 amide bonds. The van der Waals surface area contributed by atoms with Crippen LogP contribution in [0.2, 0.25) is 0 Å². The number of hydrogen-bond acceptors (Lipinski definition) is 6. The van der Waals surface area contributed by atoms with Gasteiger partial charge in [0.2, 0.25) is 5.91 Å². The highest BCUT2D eigenvalue weighted by molar-refractivity contribution is 5.96. The van der Waals surface area contributed by atoms with Gasteiger partial charge in [0, 0.05) is 18.8 Å². The molecule has 28 heavy (non-hydrogen) atoms. The van der Waals surface area contributed by atoms with Gasteiger partial charge in [-0.1, -0.05) is 18.2 Å². The highest BCUT2D eigenvalue weighted by Gasteiger charge is 2.18. The highest BCUT2D eigenvalue weighted by Crippen LogP contribution is 2.18. The van der Waals surface area contributed by atoms with Crippen molar-refractivity contribution in [3.8, 4) is 11.5 Å². The first-order valence-electron chi connectivity index (χ1n) is 8.42. The summed E-state index contributed by atoms with van der Waals surface area (Å²) in [5.41, 5.74) is 0.768. The minimum atomic E-state index is -0.681. The van der Waals surface area contributed by atoms with Crippen LogP contribution in [0.5, 0.6) is 11.5 Å². The summed E-state index contributed by atoms with van der Waals surface area (Å²) in [5, 5.41) is 2.67. The maximum Gasteiger partial charge on any atom is 0.342 e. The summed E-state index contributed by atoms with van der Waals surface area (Å²) in [6, 6.07) is 13.4. The van der Waals surface area contributed by atoms with Crippen molar-refractivity contribution in [1.29, 1.82) is 0 Å². The van der Waals surface area contributed by atoms with Crippen molar-refractivity contribution in [1.82, 2.24) is 4.90 Å². The van der Waals surface area contributed by atoms with E-state index in [0.717, 1.165) is 0 Å². The van der Waals surface area contributed by atoms with Gasteiger partial charge >= 0.3 is 5.97 Å². The molecule has 0 radical (unpaired) electrons. The van der Waals surface area contributed by atoms with Gasteiger partial charge in [-0.25, -0.2) is 4.79 Å². The van der Waals surface area contributed by atoms with Crippen LogP contribution in [0.4, 0.5) is 5.69 Å². The van der Waals surface area contributed by atoms with E-state index in [9.17, 15) is 14.4 Å². The van der Waals surface area contributed by atoms with Crippen LogP contribution in [0, 0.1) is 0 Å². The van der Waals surface area contributed by atoms with Crippen molar-refractivity contribution < 1.29 is 28.6 Å². The summed E-state index contributed by atoms with van der Waals surface area (Å²) in [5.74, 6) is -0.624. The van der Waals surface area contributed by atoms with Gasteiger partial charge in [-0.05, 0) is 24.3 Å². The number of amides is 2. The fourth-order valence-electron chi connectivity index (χ4n) is 2.33. The van der Waals surface area contributed by atoms with E-state index in [4.69, 9.17) is 14.2 Å². The quantitative estimate of drug-likeness (QED) is 0.697. The van der Waals surface area contributed by atoms with E-state index in [2.05, 4.69) is 5.32 Å². The van der Waals surface area contributed by atoms with Gasteiger partial charge in [0.25, 0.3) is 5.91 Å². The van der Waals surface area contributed by atoms with Crippen molar-refractivity contribution in [3.63, 3.8) is 0 Å². The fraction of sp³-hybridized carbons (Fsp3) is 0.250. The zero-order valence-electron chi connectivity index (χ0n) is 15.9. The average molecular weight is 386 g/mol. The summed E-state index contributed by atoms with van der Waals surface area (Å²) in [6.45, 7) is -0.678. The molecule has 0 saturated carbocycles. The molecule has 0 spiro atoms. The number of benzene rings is 2. The first-order valence-corrected chi connectivity index (χ1v) is 8.42. The van der Waals surface area contributed by atoms with Gasteiger partial charge in [-0.15, -0.1) is 0 Å². The standard InChI is InChI=1S/C20H22N2O6/c1-22(12-18(23)21-14-7-6-8-15(11-14)26-2)19(24)13-28-20(25)16-9-4-5-10-17(16)27-3/h4-11H,12-13H2,1-3H3,(H,21,23). The monoisotopic (exact) mass is 386 g/mol. The predicted molar refractivity (Wildman–Crippen MR) is 103 cm³/mol. The predicted octanol–water partition coefficient (Wildman–Crippen LogP) is 1.96. The molecule has 2 aromatic carbocycles. The Bertz CT molecular complexity index is 852. The molecule has 0 heterocycles. The highest BCUT2D eigenvalue weighted by atomic mass is 16.5. The van der Waals surface area contributed by atoms with Gasteiger partial charge in [0.1, 0.15) is 17.1 Å². The van der Waals surface area contributed by atoms with Crippen LogP contribution in [0.25, 0.3) is 0 Å². The molecule has 0 aliphatic heterocycles. The molecule has 2 aromatic rings. The van der Waals surface area contributed by atoms with E-state index >= 15 is 0 Å². The van der Waals surface area contributed by atoms with Crippen LogP contribution >= 0.6 is 0 Å². The third kappa shape index (κ3) is 5.73. The van der Waals surface area contributed by atoms with Crippen LogP contribution in [-0.4, -0.2) is 57.1 Å². The fourth-order valence-corrected chi connectivity index (χ4v) is 2.33. The number of methoxy groups -OCH3 is 2. The Morgan fingerprint density at radius 2 is 1.75 bits per heavy atom. The van der Waals surface area contributed by atoms with Gasteiger partial charge in [0.05, 0.1) is 20.8 Å². The summed E-state index contributed by atoms with van der Waals surface area (Å²) >= 11 is 0. The van der Waals surface area contributed by atoms with Gasteiger partial charge in [-0.3, -0.25) is 9.59 Å². The number of likely N-dealkylation sites (N-methyl/N-ethyl adjacent to an activating group) is 1. The molecule has 0 bridgehead atoms. The Hall–Kier alpha value is -3.55. The van der Waals surface area contributed by atoms with Gasteiger partial charge in [-0.2, -0.15) is 0 Å². The maximum absolute atomic E-state index is 12.1.